The molecule has 0 bridgehead atoms. The molecule has 2 heterocycles. The standard InChI is InChI=1S/C25H23N5O2/c1-32-25(31)20-10-11-23-22(15-20)21(16-30(23)13-12-24-26-28-29-27-24)9-7-17-6-8-18-4-2-3-5-19(18)14-17/h2-6,8,10-11,14-16H,7,9,12-13H2,1H3,(H,26,27,28,29). The lowest BCUT2D eigenvalue weighted by Crippen LogP contribution is -2.03. The van der Waals surface area contributed by atoms with Gasteiger partial charge in [0.05, 0.1) is 12.7 Å². The summed E-state index contributed by atoms with van der Waals surface area (Å²) in [6.07, 6.45) is 4.63. The number of nitrogens with one attached hydrogen (secondary N) is 1. The summed E-state index contributed by atoms with van der Waals surface area (Å²) in [5.74, 6) is 0.350. The highest BCUT2D eigenvalue weighted by atomic mass is 16.5. The molecule has 160 valence electrons. The van der Waals surface area contributed by atoms with Crippen LogP contribution in [0.1, 0.15) is 27.3 Å². The van der Waals surface area contributed by atoms with Crippen molar-refractivity contribution in [1.29, 1.82) is 0 Å². The van der Waals surface area contributed by atoms with Gasteiger partial charge in [0, 0.05) is 30.1 Å². The fraction of sp³-hybridized carbons (Fsp3) is 0.200. The number of hydrogen-bond acceptors (Lipinski definition) is 5. The van der Waals surface area contributed by atoms with Crippen LogP contribution in [0.2, 0.25) is 0 Å². The molecule has 3 aromatic carbocycles. The summed E-state index contributed by atoms with van der Waals surface area (Å²) in [5, 5.41) is 17.8. The molecule has 0 fully saturated rings. The van der Waals surface area contributed by atoms with Crippen LogP contribution in [-0.2, 0) is 30.5 Å². The van der Waals surface area contributed by atoms with Crippen molar-refractivity contribution < 1.29 is 9.53 Å². The maximum absolute atomic E-state index is 12.1. The highest BCUT2D eigenvalue weighted by molar-refractivity contribution is 5.96. The maximum atomic E-state index is 12.1. The Morgan fingerprint density at radius 1 is 1.00 bits per heavy atom. The van der Waals surface area contributed by atoms with Crippen molar-refractivity contribution >= 4 is 27.6 Å². The van der Waals surface area contributed by atoms with Gasteiger partial charge >= 0.3 is 5.97 Å². The van der Waals surface area contributed by atoms with E-state index in [1.807, 2.05) is 18.2 Å². The molecule has 0 amide bonds. The molecule has 5 aromatic rings. The quantitative estimate of drug-likeness (QED) is 0.397. The van der Waals surface area contributed by atoms with Crippen molar-refractivity contribution in [3.8, 4) is 0 Å². The number of carbonyl (C=O) groups excluding carboxylic acids is 1. The van der Waals surface area contributed by atoms with E-state index in [-0.39, 0.29) is 5.97 Å². The lowest BCUT2D eigenvalue weighted by atomic mass is 10.0. The molecule has 32 heavy (non-hydrogen) atoms. The van der Waals surface area contributed by atoms with E-state index in [2.05, 4.69) is 73.9 Å². The molecule has 0 spiro atoms. The van der Waals surface area contributed by atoms with Gasteiger partial charge in [-0.05, 0) is 52.9 Å². The minimum absolute atomic E-state index is 0.327. The first-order chi connectivity index (χ1) is 15.7. The predicted octanol–water partition coefficient (Wildman–Crippen LogP) is 4.12. The number of aromatic nitrogens is 5. The van der Waals surface area contributed by atoms with E-state index in [9.17, 15) is 4.79 Å². The van der Waals surface area contributed by atoms with Crippen LogP contribution >= 0.6 is 0 Å². The zero-order chi connectivity index (χ0) is 21.9. The number of H-pyrrole nitrogens is 1. The molecule has 5 rings (SSSR count). The summed E-state index contributed by atoms with van der Waals surface area (Å²) < 4.78 is 7.12. The highest BCUT2D eigenvalue weighted by Crippen LogP contribution is 2.26. The van der Waals surface area contributed by atoms with Gasteiger partial charge in [-0.2, -0.15) is 5.21 Å². The van der Waals surface area contributed by atoms with Gasteiger partial charge in [0.2, 0.25) is 0 Å². The molecule has 1 N–H and O–H groups in total. The zero-order valence-corrected chi connectivity index (χ0v) is 17.8. The number of nitrogens with zero attached hydrogens (tertiary/aromatic N) is 4. The molecule has 0 saturated carbocycles. The number of aryl methyl sites for hydroxylation is 4. The third kappa shape index (κ3) is 3.97. The van der Waals surface area contributed by atoms with Crippen LogP contribution in [0.4, 0.5) is 0 Å². The second-order valence-corrected chi connectivity index (χ2v) is 7.83. The van der Waals surface area contributed by atoms with Crippen LogP contribution in [0.25, 0.3) is 21.7 Å². The third-order valence-corrected chi connectivity index (χ3v) is 5.85. The molecular weight excluding hydrogens is 402 g/mol. The number of ether oxygens (including phenoxy) is 1. The van der Waals surface area contributed by atoms with E-state index < -0.39 is 0 Å². The van der Waals surface area contributed by atoms with E-state index in [4.69, 9.17) is 4.74 Å². The minimum Gasteiger partial charge on any atom is -0.465 e. The largest absolute Gasteiger partial charge is 0.465 e. The Bertz CT molecular complexity index is 1390. The van der Waals surface area contributed by atoms with Gasteiger partial charge < -0.3 is 9.30 Å². The van der Waals surface area contributed by atoms with E-state index >= 15 is 0 Å². The lowest BCUT2D eigenvalue weighted by Gasteiger charge is -2.05. The number of hydrogen-bond donors (Lipinski definition) is 1. The summed E-state index contributed by atoms with van der Waals surface area (Å²) in [6.45, 7) is 0.726. The second kappa shape index (κ2) is 8.63. The summed E-state index contributed by atoms with van der Waals surface area (Å²) in [7, 11) is 1.41. The molecule has 0 aliphatic carbocycles. The maximum Gasteiger partial charge on any atom is 0.337 e. The molecule has 0 atom stereocenters. The molecule has 0 radical (unpaired) electrons. The fourth-order valence-corrected chi connectivity index (χ4v) is 4.18. The average Bonchev–Trinajstić information content (AvgIpc) is 3.48. The molecular formula is C25H23N5O2. The van der Waals surface area contributed by atoms with Crippen LogP contribution in [-0.4, -0.2) is 38.3 Å². The van der Waals surface area contributed by atoms with Crippen LogP contribution in [0.5, 0.6) is 0 Å². The Morgan fingerprint density at radius 2 is 1.88 bits per heavy atom. The SMILES string of the molecule is COC(=O)c1ccc2c(c1)c(CCc1ccc3ccccc3c1)cn2CCc1nn[nH]n1. The summed E-state index contributed by atoms with van der Waals surface area (Å²) >= 11 is 0. The number of tetrazole rings is 1. The van der Waals surface area contributed by atoms with Crippen LogP contribution < -0.4 is 0 Å². The molecule has 0 aliphatic rings. The van der Waals surface area contributed by atoms with E-state index in [0.717, 1.165) is 30.3 Å². The smallest absolute Gasteiger partial charge is 0.337 e. The van der Waals surface area contributed by atoms with Crippen LogP contribution in [0.15, 0.2) is 66.9 Å². The third-order valence-electron chi connectivity index (χ3n) is 5.85. The summed E-state index contributed by atoms with van der Waals surface area (Å²) in [4.78, 5) is 12.1. The number of methoxy groups -OCH3 is 1. The van der Waals surface area contributed by atoms with Crippen LogP contribution in [0, 0.1) is 0 Å². The van der Waals surface area contributed by atoms with Crippen molar-refractivity contribution in [3.05, 3.63) is 89.4 Å². The van der Waals surface area contributed by atoms with Crippen molar-refractivity contribution in [3.63, 3.8) is 0 Å². The number of carbonyl (C=O) groups is 1. The first kappa shape index (κ1) is 19.9. The Kier molecular flexibility index (Phi) is 5.37. The van der Waals surface area contributed by atoms with Crippen molar-refractivity contribution in [2.45, 2.75) is 25.8 Å². The van der Waals surface area contributed by atoms with Gasteiger partial charge in [0.25, 0.3) is 0 Å². The van der Waals surface area contributed by atoms with Gasteiger partial charge in [-0.3, -0.25) is 0 Å². The Hall–Kier alpha value is -4.00. The molecule has 7 nitrogen and oxygen atoms in total. The average molecular weight is 425 g/mol. The predicted molar refractivity (Wildman–Crippen MR) is 123 cm³/mol. The number of rotatable bonds is 7. The van der Waals surface area contributed by atoms with Crippen LogP contribution in [0.3, 0.4) is 0 Å². The molecule has 0 saturated heterocycles. The molecule has 7 heteroatoms. The first-order valence-electron chi connectivity index (χ1n) is 10.6. The topological polar surface area (TPSA) is 85.7 Å². The van der Waals surface area contributed by atoms with Gasteiger partial charge in [0.15, 0.2) is 5.82 Å². The second-order valence-electron chi connectivity index (χ2n) is 7.83. The molecule has 0 aliphatic heterocycles. The van der Waals surface area contributed by atoms with Crippen molar-refractivity contribution in [1.82, 2.24) is 25.2 Å². The van der Waals surface area contributed by atoms with E-state index in [1.165, 1.54) is 29.0 Å². The van der Waals surface area contributed by atoms with Gasteiger partial charge in [0.1, 0.15) is 0 Å². The number of fused-ring (bicyclic) bond motifs is 2. The van der Waals surface area contributed by atoms with Crippen molar-refractivity contribution in [2.75, 3.05) is 7.11 Å². The molecule has 0 unspecified atom stereocenters. The lowest BCUT2D eigenvalue weighted by molar-refractivity contribution is 0.0601. The number of aromatic amines is 1. The minimum atomic E-state index is -0.327. The molecule has 2 aromatic heterocycles. The number of benzene rings is 3. The Labute approximate surface area is 185 Å². The first-order valence-corrected chi connectivity index (χ1v) is 10.6. The van der Waals surface area contributed by atoms with Gasteiger partial charge in [-0.15, -0.1) is 10.2 Å². The summed E-state index contributed by atoms with van der Waals surface area (Å²) in [6, 6.07) is 20.7. The van der Waals surface area contributed by atoms with Crippen molar-refractivity contribution in [2.24, 2.45) is 0 Å². The monoisotopic (exact) mass is 425 g/mol. The Balaban J connectivity index is 1.45. The fourth-order valence-electron chi connectivity index (χ4n) is 4.18. The van der Waals surface area contributed by atoms with E-state index in [0.29, 0.717) is 17.8 Å². The summed E-state index contributed by atoms with van der Waals surface area (Å²) in [5.41, 5.74) is 4.13. The van der Waals surface area contributed by atoms with Gasteiger partial charge in [-0.1, -0.05) is 47.7 Å². The number of esters is 1. The highest BCUT2D eigenvalue weighted by Gasteiger charge is 2.14. The Morgan fingerprint density at radius 3 is 2.69 bits per heavy atom. The normalized spacial score (nSPS) is 11.3. The zero-order valence-electron chi connectivity index (χ0n) is 17.8. The van der Waals surface area contributed by atoms with E-state index in [1.54, 1.807) is 0 Å². The van der Waals surface area contributed by atoms with Gasteiger partial charge in [-0.25, -0.2) is 4.79 Å².